The van der Waals surface area contributed by atoms with Crippen LogP contribution in [-0.4, -0.2) is 17.0 Å². The van der Waals surface area contributed by atoms with Crippen molar-refractivity contribution in [2.75, 3.05) is 7.05 Å². The molecule has 0 aliphatic heterocycles. The van der Waals surface area contributed by atoms with Crippen LogP contribution in [-0.2, 0) is 6.54 Å². The van der Waals surface area contributed by atoms with Crippen LogP contribution >= 0.6 is 0 Å². The van der Waals surface area contributed by atoms with Gasteiger partial charge in [-0.3, -0.25) is 0 Å². The van der Waals surface area contributed by atoms with Gasteiger partial charge in [-0.25, -0.2) is 14.4 Å². The van der Waals surface area contributed by atoms with Crippen LogP contribution in [0, 0.1) is 5.82 Å². The summed E-state index contributed by atoms with van der Waals surface area (Å²) >= 11 is 0. The Kier molecular flexibility index (Phi) is 3.22. The summed E-state index contributed by atoms with van der Waals surface area (Å²) in [5.41, 5.74) is 2.45. The van der Waals surface area contributed by atoms with Crippen LogP contribution in [0.25, 0.3) is 11.1 Å². The van der Waals surface area contributed by atoms with E-state index < -0.39 is 0 Å². The molecule has 0 saturated carbocycles. The van der Waals surface area contributed by atoms with Crippen molar-refractivity contribution < 1.29 is 4.39 Å². The molecule has 0 aliphatic carbocycles. The molecule has 2 aromatic rings. The van der Waals surface area contributed by atoms with E-state index >= 15 is 0 Å². The van der Waals surface area contributed by atoms with Gasteiger partial charge in [0.25, 0.3) is 0 Å². The first kappa shape index (κ1) is 10.7. The first-order valence-corrected chi connectivity index (χ1v) is 4.99. The summed E-state index contributed by atoms with van der Waals surface area (Å²) in [6.45, 7) is 0.507. The molecule has 0 atom stereocenters. The Labute approximate surface area is 93.4 Å². The largest absolute Gasteiger partial charge is 0.316 e. The molecule has 0 saturated heterocycles. The maximum absolute atomic E-state index is 13.4. The third-order valence-electron chi connectivity index (χ3n) is 2.31. The first-order valence-electron chi connectivity index (χ1n) is 4.99. The predicted molar refractivity (Wildman–Crippen MR) is 60.2 cm³/mol. The molecule has 82 valence electrons. The molecule has 3 nitrogen and oxygen atoms in total. The number of nitrogens with one attached hydrogen (secondary N) is 1. The van der Waals surface area contributed by atoms with Crippen LogP contribution in [0.2, 0.25) is 0 Å². The molecule has 0 amide bonds. The summed E-state index contributed by atoms with van der Waals surface area (Å²) < 4.78 is 13.4. The SMILES string of the molecule is CNCc1cc(-c2cncnc2)ccc1F. The molecule has 16 heavy (non-hydrogen) atoms. The lowest BCUT2D eigenvalue weighted by Gasteiger charge is -2.05. The normalized spacial score (nSPS) is 10.4. The minimum absolute atomic E-state index is 0.199. The molecular formula is C12H12FN3. The van der Waals surface area contributed by atoms with Gasteiger partial charge in [0.1, 0.15) is 12.1 Å². The van der Waals surface area contributed by atoms with Gasteiger partial charge in [-0.05, 0) is 24.7 Å². The Morgan fingerprint density at radius 3 is 2.62 bits per heavy atom. The Morgan fingerprint density at radius 1 is 1.19 bits per heavy atom. The van der Waals surface area contributed by atoms with Crippen molar-refractivity contribution >= 4 is 0 Å². The summed E-state index contributed by atoms with van der Waals surface area (Å²) in [5.74, 6) is -0.199. The highest BCUT2D eigenvalue weighted by molar-refractivity contribution is 5.62. The van der Waals surface area contributed by atoms with Crippen molar-refractivity contribution in [3.63, 3.8) is 0 Å². The van der Waals surface area contributed by atoms with Crippen molar-refractivity contribution in [1.82, 2.24) is 15.3 Å². The zero-order valence-corrected chi connectivity index (χ0v) is 8.94. The molecule has 0 bridgehead atoms. The lowest BCUT2D eigenvalue weighted by atomic mass is 10.1. The third-order valence-corrected chi connectivity index (χ3v) is 2.31. The second kappa shape index (κ2) is 4.81. The summed E-state index contributed by atoms with van der Waals surface area (Å²) in [6, 6.07) is 5.01. The third kappa shape index (κ3) is 2.23. The number of aromatic nitrogens is 2. The van der Waals surface area contributed by atoms with Gasteiger partial charge >= 0.3 is 0 Å². The molecule has 0 spiro atoms. The van der Waals surface area contributed by atoms with Gasteiger partial charge in [-0.2, -0.15) is 0 Å². The predicted octanol–water partition coefficient (Wildman–Crippen LogP) is 2.00. The Morgan fingerprint density at radius 2 is 1.94 bits per heavy atom. The fourth-order valence-electron chi connectivity index (χ4n) is 1.53. The molecule has 4 heteroatoms. The quantitative estimate of drug-likeness (QED) is 0.854. The summed E-state index contributed by atoms with van der Waals surface area (Å²) in [7, 11) is 1.79. The highest BCUT2D eigenvalue weighted by Gasteiger charge is 2.04. The van der Waals surface area contributed by atoms with E-state index in [2.05, 4.69) is 15.3 Å². The van der Waals surface area contributed by atoms with E-state index in [4.69, 9.17) is 0 Å². The van der Waals surface area contributed by atoms with Crippen molar-refractivity contribution in [3.05, 3.63) is 48.3 Å². The molecule has 1 heterocycles. The topological polar surface area (TPSA) is 37.8 Å². The lowest BCUT2D eigenvalue weighted by Crippen LogP contribution is -2.07. The molecule has 0 fully saturated rings. The highest BCUT2D eigenvalue weighted by atomic mass is 19.1. The van der Waals surface area contributed by atoms with Gasteiger partial charge in [-0.1, -0.05) is 6.07 Å². The van der Waals surface area contributed by atoms with E-state index in [1.165, 1.54) is 12.4 Å². The lowest BCUT2D eigenvalue weighted by molar-refractivity contribution is 0.601. The molecule has 0 radical (unpaired) electrons. The maximum Gasteiger partial charge on any atom is 0.127 e. The van der Waals surface area contributed by atoms with Crippen molar-refractivity contribution in [2.24, 2.45) is 0 Å². The molecule has 1 aromatic carbocycles. The number of rotatable bonds is 3. The maximum atomic E-state index is 13.4. The van der Waals surface area contributed by atoms with Crippen LogP contribution in [0.1, 0.15) is 5.56 Å². The zero-order valence-electron chi connectivity index (χ0n) is 8.94. The summed E-state index contributed by atoms with van der Waals surface area (Å²) in [5, 5.41) is 2.93. The van der Waals surface area contributed by atoms with Crippen LogP contribution < -0.4 is 5.32 Å². The van der Waals surface area contributed by atoms with Crippen LogP contribution in [0.15, 0.2) is 36.9 Å². The molecule has 1 N–H and O–H groups in total. The Hall–Kier alpha value is -1.81. The second-order valence-corrected chi connectivity index (χ2v) is 3.46. The van der Waals surface area contributed by atoms with Gasteiger partial charge in [-0.15, -0.1) is 0 Å². The van der Waals surface area contributed by atoms with Crippen LogP contribution in [0.5, 0.6) is 0 Å². The van der Waals surface area contributed by atoms with Gasteiger partial charge in [0, 0.05) is 30.1 Å². The Bertz CT molecular complexity index is 471. The van der Waals surface area contributed by atoms with Crippen LogP contribution in [0.3, 0.4) is 0 Å². The standard InChI is InChI=1S/C12H12FN3/c1-14-5-10-4-9(2-3-12(10)13)11-6-15-8-16-7-11/h2-4,6-8,14H,5H2,1H3. The zero-order chi connectivity index (χ0) is 11.4. The van der Waals surface area contributed by atoms with Gasteiger partial charge in [0.2, 0.25) is 0 Å². The monoisotopic (exact) mass is 217 g/mol. The number of benzene rings is 1. The minimum atomic E-state index is -0.199. The molecular weight excluding hydrogens is 205 g/mol. The Balaban J connectivity index is 2.40. The molecule has 2 rings (SSSR count). The van der Waals surface area contributed by atoms with Crippen molar-refractivity contribution in [1.29, 1.82) is 0 Å². The number of nitrogens with zero attached hydrogens (tertiary/aromatic N) is 2. The van der Waals surface area contributed by atoms with Crippen molar-refractivity contribution in [2.45, 2.75) is 6.54 Å². The summed E-state index contributed by atoms with van der Waals surface area (Å²) in [4.78, 5) is 7.88. The van der Waals surface area contributed by atoms with E-state index in [9.17, 15) is 4.39 Å². The van der Waals surface area contributed by atoms with E-state index in [1.807, 2.05) is 6.07 Å². The fourth-order valence-corrected chi connectivity index (χ4v) is 1.53. The molecule has 1 aromatic heterocycles. The van der Waals surface area contributed by atoms with Gasteiger partial charge in [0.05, 0.1) is 0 Å². The van der Waals surface area contributed by atoms with Gasteiger partial charge in [0.15, 0.2) is 0 Å². The average molecular weight is 217 g/mol. The van der Waals surface area contributed by atoms with Gasteiger partial charge < -0.3 is 5.32 Å². The van der Waals surface area contributed by atoms with Crippen LogP contribution in [0.4, 0.5) is 4.39 Å². The smallest absolute Gasteiger partial charge is 0.127 e. The van der Waals surface area contributed by atoms with E-state index in [-0.39, 0.29) is 5.82 Å². The molecule has 0 unspecified atom stereocenters. The van der Waals surface area contributed by atoms with E-state index in [0.29, 0.717) is 12.1 Å². The second-order valence-electron chi connectivity index (χ2n) is 3.46. The van der Waals surface area contributed by atoms with Crippen molar-refractivity contribution in [3.8, 4) is 11.1 Å². The van der Waals surface area contributed by atoms with E-state index in [1.54, 1.807) is 25.5 Å². The number of hydrogen-bond donors (Lipinski definition) is 1. The highest BCUT2D eigenvalue weighted by Crippen LogP contribution is 2.20. The number of hydrogen-bond acceptors (Lipinski definition) is 3. The fraction of sp³-hybridized carbons (Fsp3) is 0.167. The summed E-state index contributed by atoms with van der Waals surface area (Å²) in [6.07, 6.45) is 4.90. The average Bonchev–Trinajstić information content (AvgIpc) is 2.33. The van der Waals surface area contributed by atoms with E-state index in [0.717, 1.165) is 11.1 Å². The first-order chi connectivity index (χ1) is 7.81. The molecule has 0 aliphatic rings. The minimum Gasteiger partial charge on any atom is -0.316 e. The number of halogens is 1.